The Kier molecular flexibility index (Phi) is 5.96. The number of benzene rings is 2. The van der Waals surface area contributed by atoms with Gasteiger partial charge < -0.3 is 4.74 Å². The maximum atomic E-state index is 13.3. The van der Waals surface area contributed by atoms with Crippen molar-refractivity contribution in [2.45, 2.75) is 11.1 Å². The highest BCUT2D eigenvalue weighted by molar-refractivity contribution is 7.92. The van der Waals surface area contributed by atoms with E-state index in [1.54, 1.807) is 0 Å². The van der Waals surface area contributed by atoms with Gasteiger partial charge in [0.15, 0.2) is 0 Å². The Balaban J connectivity index is 1.87. The molecule has 34 heavy (non-hydrogen) atoms. The van der Waals surface area contributed by atoms with Crippen LogP contribution in [-0.4, -0.2) is 30.1 Å². The van der Waals surface area contributed by atoms with Gasteiger partial charge in [0.2, 0.25) is 0 Å². The lowest BCUT2D eigenvalue weighted by Gasteiger charge is -2.17. The summed E-state index contributed by atoms with van der Waals surface area (Å²) in [5.74, 6) is -0.183. The fourth-order valence-corrected chi connectivity index (χ4v) is 4.59. The molecule has 8 nitrogen and oxygen atoms in total. The monoisotopic (exact) mass is 510 g/mol. The van der Waals surface area contributed by atoms with Crippen molar-refractivity contribution >= 4 is 38.3 Å². The average Bonchev–Trinajstić information content (AvgIpc) is 2.78. The molecule has 0 aliphatic heterocycles. The fourth-order valence-electron chi connectivity index (χ4n) is 3.29. The van der Waals surface area contributed by atoms with E-state index < -0.39 is 32.3 Å². The van der Waals surface area contributed by atoms with Crippen molar-refractivity contribution in [3.63, 3.8) is 0 Å². The van der Waals surface area contributed by atoms with Gasteiger partial charge in [-0.05, 0) is 42.5 Å². The number of anilines is 1. The van der Waals surface area contributed by atoms with Crippen LogP contribution in [0.1, 0.15) is 5.56 Å². The number of pyridine rings is 1. The van der Waals surface area contributed by atoms with Crippen LogP contribution in [0.5, 0.6) is 5.75 Å². The van der Waals surface area contributed by atoms with Crippen molar-refractivity contribution in [2.24, 2.45) is 0 Å². The van der Waals surface area contributed by atoms with Gasteiger partial charge in [-0.3, -0.25) is 14.1 Å². The molecule has 4 rings (SSSR count). The molecular formula is C21H14ClF3N4O4S. The van der Waals surface area contributed by atoms with Crippen molar-refractivity contribution in [1.29, 1.82) is 0 Å². The zero-order valence-corrected chi connectivity index (χ0v) is 18.7. The molecule has 0 aliphatic rings. The molecule has 0 spiro atoms. The molecule has 0 amide bonds. The lowest BCUT2D eigenvalue weighted by atomic mass is 10.1. The molecule has 4 aromatic rings. The topological polar surface area (TPSA) is 103 Å². The van der Waals surface area contributed by atoms with Crippen LogP contribution >= 0.6 is 11.6 Å². The number of halogens is 4. The molecule has 2 aromatic carbocycles. The minimum atomic E-state index is -4.73. The Morgan fingerprint density at radius 2 is 1.85 bits per heavy atom. The molecule has 2 heterocycles. The smallest absolute Gasteiger partial charge is 0.417 e. The standard InChI is InChI=1S/C21H14ClF3N4O4S/c1-33-18-9-14(21(23,24)25)15(22)10-17(18)29-16-4-3-13(8-12(16)2-5-20(29)30)34(31,32)28-19-6-7-26-11-27-19/h2-11H,1H3,(H,26,27,28). The van der Waals surface area contributed by atoms with Crippen molar-refractivity contribution in [2.75, 3.05) is 11.8 Å². The summed E-state index contributed by atoms with van der Waals surface area (Å²) in [7, 11) is -2.87. The number of fused-ring (bicyclic) bond motifs is 1. The zero-order valence-electron chi connectivity index (χ0n) is 17.2. The van der Waals surface area contributed by atoms with Crippen LogP contribution in [0.4, 0.5) is 19.0 Å². The van der Waals surface area contributed by atoms with E-state index in [-0.39, 0.29) is 27.7 Å². The quantitative estimate of drug-likeness (QED) is 0.430. The van der Waals surface area contributed by atoms with Gasteiger partial charge in [0.25, 0.3) is 15.6 Å². The maximum Gasteiger partial charge on any atom is 0.417 e. The number of hydrogen-bond donors (Lipinski definition) is 1. The Morgan fingerprint density at radius 3 is 2.50 bits per heavy atom. The summed E-state index contributed by atoms with van der Waals surface area (Å²) in [4.78, 5) is 20.1. The number of aromatic nitrogens is 3. The van der Waals surface area contributed by atoms with E-state index in [9.17, 15) is 26.4 Å². The molecule has 0 aliphatic carbocycles. The first-order valence-corrected chi connectivity index (χ1v) is 11.3. The summed E-state index contributed by atoms with van der Waals surface area (Å²) in [6, 6.07) is 9.52. The predicted molar refractivity (Wildman–Crippen MR) is 119 cm³/mol. The van der Waals surface area contributed by atoms with Gasteiger partial charge in [-0.2, -0.15) is 13.2 Å². The Hall–Kier alpha value is -3.64. The zero-order chi connectivity index (χ0) is 24.7. The second kappa shape index (κ2) is 8.61. The first kappa shape index (κ1) is 23.5. The number of sulfonamides is 1. The number of methoxy groups -OCH3 is 1. The number of nitrogens with zero attached hydrogens (tertiary/aromatic N) is 3. The number of alkyl halides is 3. The lowest BCUT2D eigenvalue weighted by molar-refractivity contribution is -0.137. The maximum absolute atomic E-state index is 13.3. The van der Waals surface area contributed by atoms with Crippen LogP contribution in [0.3, 0.4) is 0 Å². The summed E-state index contributed by atoms with van der Waals surface area (Å²) in [6.45, 7) is 0. The van der Waals surface area contributed by atoms with Crippen molar-refractivity contribution in [3.05, 3.63) is 82.0 Å². The highest BCUT2D eigenvalue weighted by Crippen LogP contribution is 2.40. The minimum absolute atomic E-state index is 0.0363. The van der Waals surface area contributed by atoms with Gasteiger partial charge in [0, 0.05) is 17.6 Å². The summed E-state index contributed by atoms with van der Waals surface area (Å²) >= 11 is 5.87. The second-order valence-electron chi connectivity index (χ2n) is 6.93. The van der Waals surface area contributed by atoms with E-state index in [0.717, 1.165) is 23.8 Å². The molecule has 13 heteroatoms. The minimum Gasteiger partial charge on any atom is -0.495 e. The van der Waals surface area contributed by atoms with Gasteiger partial charge in [-0.15, -0.1) is 0 Å². The second-order valence-corrected chi connectivity index (χ2v) is 9.02. The first-order valence-electron chi connectivity index (χ1n) is 9.41. The molecule has 0 saturated heterocycles. The average molecular weight is 511 g/mol. The summed E-state index contributed by atoms with van der Waals surface area (Å²) in [6.07, 6.45) is -2.18. The third kappa shape index (κ3) is 4.41. The molecule has 0 saturated carbocycles. The Labute approximate surface area is 195 Å². The molecule has 0 atom stereocenters. The van der Waals surface area contributed by atoms with Gasteiger partial charge in [0.1, 0.15) is 17.9 Å². The third-order valence-corrected chi connectivity index (χ3v) is 6.48. The van der Waals surface area contributed by atoms with E-state index in [0.29, 0.717) is 11.5 Å². The van der Waals surface area contributed by atoms with Gasteiger partial charge in [0.05, 0.1) is 33.8 Å². The highest BCUT2D eigenvalue weighted by Gasteiger charge is 2.34. The van der Waals surface area contributed by atoms with Gasteiger partial charge >= 0.3 is 6.18 Å². The molecule has 2 aromatic heterocycles. The molecular weight excluding hydrogens is 497 g/mol. The van der Waals surface area contributed by atoms with E-state index in [2.05, 4.69) is 14.7 Å². The van der Waals surface area contributed by atoms with Crippen LogP contribution in [-0.2, 0) is 16.2 Å². The SMILES string of the molecule is COc1cc(C(F)(F)F)c(Cl)cc1-n1c(=O)ccc2cc(S(=O)(=O)Nc3ccncn3)ccc21. The van der Waals surface area contributed by atoms with Crippen molar-refractivity contribution < 1.29 is 26.3 Å². The van der Waals surface area contributed by atoms with Crippen molar-refractivity contribution in [3.8, 4) is 11.4 Å². The van der Waals surface area contributed by atoms with Crippen LogP contribution < -0.4 is 15.0 Å². The Bertz CT molecular complexity index is 1560. The molecule has 0 radical (unpaired) electrons. The van der Waals surface area contributed by atoms with Crippen LogP contribution in [0.25, 0.3) is 16.6 Å². The van der Waals surface area contributed by atoms with Crippen molar-refractivity contribution in [1.82, 2.24) is 14.5 Å². The van der Waals surface area contributed by atoms with Crippen LogP contribution in [0.2, 0.25) is 5.02 Å². The Morgan fingerprint density at radius 1 is 1.09 bits per heavy atom. The molecule has 0 fully saturated rings. The van der Waals surface area contributed by atoms with Gasteiger partial charge in [-0.1, -0.05) is 11.6 Å². The third-order valence-electron chi connectivity index (χ3n) is 4.81. The molecule has 0 bridgehead atoms. The number of hydrogen-bond acceptors (Lipinski definition) is 6. The summed E-state index contributed by atoms with van der Waals surface area (Å²) in [5, 5.41) is -0.302. The van der Waals surface area contributed by atoms with Crippen LogP contribution in [0, 0.1) is 0 Å². The molecule has 176 valence electrons. The summed E-state index contributed by atoms with van der Waals surface area (Å²) < 4.78 is 73.8. The highest BCUT2D eigenvalue weighted by atomic mass is 35.5. The summed E-state index contributed by atoms with van der Waals surface area (Å²) in [5.41, 5.74) is -1.52. The predicted octanol–water partition coefficient (Wildman–Crippen LogP) is 4.26. The van der Waals surface area contributed by atoms with Gasteiger partial charge in [-0.25, -0.2) is 18.4 Å². The number of ether oxygens (including phenoxy) is 1. The van der Waals surface area contributed by atoms with E-state index in [1.807, 2.05) is 0 Å². The molecule has 1 N–H and O–H groups in total. The number of rotatable bonds is 5. The first-order chi connectivity index (χ1) is 16.0. The van der Waals surface area contributed by atoms with E-state index in [4.69, 9.17) is 16.3 Å². The van der Waals surface area contributed by atoms with Crippen LogP contribution in [0.15, 0.2) is 70.7 Å². The molecule has 0 unspecified atom stereocenters. The van der Waals surface area contributed by atoms with E-state index >= 15 is 0 Å². The fraction of sp³-hybridized carbons (Fsp3) is 0.0952. The largest absolute Gasteiger partial charge is 0.495 e. The lowest BCUT2D eigenvalue weighted by Crippen LogP contribution is -2.19. The van der Waals surface area contributed by atoms with E-state index in [1.165, 1.54) is 42.9 Å². The number of nitrogens with one attached hydrogen (secondary N) is 1. The normalized spacial score (nSPS) is 12.0.